The Bertz CT molecular complexity index is 1470. The van der Waals surface area contributed by atoms with E-state index in [1.54, 1.807) is 36.4 Å². The van der Waals surface area contributed by atoms with E-state index in [1.807, 2.05) is 54.6 Å². The minimum atomic E-state index is -3.70. The average molecular weight is 515 g/mol. The second kappa shape index (κ2) is 10.8. The largest absolute Gasteiger partial charge is 0.484 e. The zero-order valence-corrected chi connectivity index (χ0v) is 20.9. The van der Waals surface area contributed by atoms with Gasteiger partial charge in [0.15, 0.2) is 6.61 Å². The molecule has 188 valence electrons. The fraction of sp³-hybridized carbons (Fsp3) is 0.138. The molecule has 0 fully saturated rings. The van der Waals surface area contributed by atoms with E-state index in [1.165, 1.54) is 16.4 Å². The number of sulfonamides is 1. The molecule has 1 N–H and O–H groups in total. The zero-order valence-electron chi connectivity index (χ0n) is 20.0. The van der Waals surface area contributed by atoms with Crippen LogP contribution in [0.4, 0.5) is 11.4 Å². The standard InChI is InChI=1S/C29H26N2O5S/c32-29(30-23-12-14-26(15-13-23)36-25-9-2-1-3-10-25)21-35-24-16-18-27(19-17-24)37(33,34)31-20-6-8-22-7-4-5-11-28(22)31/h1-5,7,9-19H,6,8,20-21H2,(H,30,32). The molecule has 5 rings (SSSR count). The summed E-state index contributed by atoms with van der Waals surface area (Å²) < 4.78 is 39.3. The van der Waals surface area contributed by atoms with Crippen molar-refractivity contribution in [2.45, 2.75) is 17.7 Å². The summed E-state index contributed by atoms with van der Waals surface area (Å²) in [6.45, 7) is 0.227. The van der Waals surface area contributed by atoms with Gasteiger partial charge >= 0.3 is 0 Å². The van der Waals surface area contributed by atoms with Crippen LogP contribution in [-0.4, -0.2) is 27.5 Å². The Morgan fingerprint density at radius 1 is 0.784 bits per heavy atom. The number of hydrogen-bond acceptors (Lipinski definition) is 5. The van der Waals surface area contributed by atoms with Gasteiger partial charge < -0.3 is 14.8 Å². The first-order valence-corrected chi connectivity index (χ1v) is 13.4. The van der Waals surface area contributed by atoms with Crippen molar-refractivity contribution in [2.24, 2.45) is 0 Å². The van der Waals surface area contributed by atoms with E-state index in [0.717, 1.165) is 29.8 Å². The highest BCUT2D eigenvalue weighted by molar-refractivity contribution is 7.92. The third kappa shape index (κ3) is 5.76. The van der Waals surface area contributed by atoms with Crippen molar-refractivity contribution in [3.8, 4) is 17.2 Å². The third-order valence-electron chi connectivity index (χ3n) is 5.97. The van der Waals surface area contributed by atoms with Gasteiger partial charge in [-0.2, -0.15) is 0 Å². The number of ether oxygens (including phenoxy) is 2. The fourth-order valence-corrected chi connectivity index (χ4v) is 5.70. The third-order valence-corrected chi connectivity index (χ3v) is 7.79. The summed E-state index contributed by atoms with van der Waals surface area (Å²) in [7, 11) is -3.70. The van der Waals surface area contributed by atoms with Gasteiger partial charge in [0.25, 0.3) is 15.9 Å². The Hall–Kier alpha value is -4.30. The predicted molar refractivity (Wildman–Crippen MR) is 143 cm³/mol. The van der Waals surface area contributed by atoms with Crippen molar-refractivity contribution in [3.05, 3.63) is 109 Å². The SMILES string of the molecule is O=C(COc1ccc(S(=O)(=O)N2CCCc3ccccc32)cc1)Nc1ccc(Oc2ccccc2)cc1. The molecule has 0 aromatic heterocycles. The van der Waals surface area contributed by atoms with Crippen LogP contribution in [0.1, 0.15) is 12.0 Å². The summed E-state index contributed by atoms with van der Waals surface area (Å²) in [4.78, 5) is 12.5. The number of nitrogens with zero attached hydrogens (tertiary/aromatic N) is 1. The normalized spacial score (nSPS) is 12.9. The van der Waals surface area contributed by atoms with E-state index in [9.17, 15) is 13.2 Å². The highest BCUT2D eigenvalue weighted by Gasteiger charge is 2.28. The number of fused-ring (bicyclic) bond motifs is 1. The second-order valence-electron chi connectivity index (χ2n) is 8.56. The van der Waals surface area contributed by atoms with Crippen molar-refractivity contribution in [2.75, 3.05) is 22.8 Å². The first-order valence-electron chi connectivity index (χ1n) is 12.0. The molecule has 4 aromatic rings. The summed E-state index contributed by atoms with van der Waals surface area (Å²) in [5.41, 5.74) is 2.37. The van der Waals surface area contributed by atoms with Gasteiger partial charge in [-0.15, -0.1) is 0 Å². The van der Waals surface area contributed by atoms with Crippen LogP contribution in [0.15, 0.2) is 108 Å². The number of carbonyl (C=O) groups excluding carboxylic acids is 1. The summed E-state index contributed by atoms with van der Waals surface area (Å²) in [6.07, 6.45) is 1.64. The lowest BCUT2D eigenvalue weighted by Gasteiger charge is -2.30. The van der Waals surface area contributed by atoms with Crippen LogP contribution in [0, 0.1) is 0 Å². The summed E-state index contributed by atoms with van der Waals surface area (Å²) in [6, 6.07) is 30.2. The number of aryl methyl sites for hydroxylation is 1. The van der Waals surface area contributed by atoms with E-state index >= 15 is 0 Å². The van der Waals surface area contributed by atoms with E-state index in [0.29, 0.717) is 23.7 Å². The van der Waals surface area contributed by atoms with Crippen molar-refractivity contribution < 1.29 is 22.7 Å². The monoisotopic (exact) mass is 514 g/mol. The van der Waals surface area contributed by atoms with Gasteiger partial charge in [-0.3, -0.25) is 9.10 Å². The van der Waals surface area contributed by atoms with Crippen LogP contribution >= 0.6 is 0 Å². The number of benzene rings is 4. The van der Waals surface area contributed by atoms with Crippen molar-refractivity contribution in [1.82, 2.24) is 0 Å². The van der Waals surface area contributed by atoms with Gasteiger partial charge in [0.05, 0.1) is 10.6 Å². The molecule has 8 heteroatoms. The molecule has 7 nitrogen and oxygen atoms in total. The lowest BCUT2D eigenvalue weighted by Crippen LogP contribution is -2.35. The maximum atomic E-state index is 13.3. The first-order chi connectivity index (χ1) is 18.0. The topological polar surface area (TPSA) is 84.9 Å². The smallest absolute Gasteiger partial charge is 0.264 e. The van der Waals surface area contributed by atoms with Gasteiger partial charge in [-0.1, -0.05) is 36.4 Å². The molecule has 1 heterocycles. The highest BCUT2D eigenvalue weighted by atomic mass is 32.2. The Morgan fingerprint density at radius 3 is 2.19 bits per heavy atom. The molecule has 1 aliphatic heterocycles. The van der Waals surface area contributed by atoms with Crippen LogP contribution in [0.5, 0.6) is 17.2 Å². The molecule has 0 saturated heterocycles. The second-order valence-corrected chi connectivity index (χ2v) is 10.4. The molecule has 0 saturated carbocycles. The molecule has 1 amide bonds. The number of rotatable bonds is 8. The number of amides is 1. The van der Waals surface area contributed by atoms with Gasteiger partial charge in [0, 0.05) is 12.2 Å². The molecule has 0 unspecified atom stereocenters. The van der Waals surface area contributed by atoms with E-state index in [-0.39, 0.29) is 17.4 Å². The Balaban J connectivity index is 1.16. The lowest BCUT2D eigenvalue weighted by molar-refractivity contribution is -0.118. The molecule has 1 aliphatic rings. The zero-order chi connectivity index (χ0) is 25.7. The van der Waals surface area contributed by atoms with E-state index in [2.05, 4.69) is 5.32 Å². The summed E-state index contributed by atoms with van der Waals surface area (Å²) >= 11 is 0. The molecule has 0 radical (unpaired) electrons. The first kappa shape index (κ1) is 24.4. The summed E-state index contributed by atoms with van der Waals surface area (Å²) in [5, 5.41) is 2.77. The average Bonchev–Trinajstić information content (AvgIpc) is 2.93. The molecular weight excluding hydrogens is 488 g/mol. The lowest BCUT2D eigenvalue weighted by atomic mass is 10.0. The fourth-order valence-electron chi connectivity index (χ4n) is 4.16. The minimum absolute atomic E-state index is 0.179. The molecule has 0 bridgehead atoms. The minimum Gasteiger partial charge on any atom is -0.484 e. The van der Waals surface area contributed by atoms with Crippen molar-refractivity contribution >= 4 is 27.3 Å². The van der Waals surface area contributed by atoms with Crippen LogP contribution in [0.2, 0.25) is 0 Å². The number of hydrogen-bond donors (Lipinski definition) is 1. The predicted octanol–water partition coefficient (Wildman–Crippen LogP) is 5.64. The Morgan fingerprint density at radius 2 is 1.43 bits per heavy atom. The van der Waals surface area contributed by atoms with Gasteiger partial charge in [-0.25, -0.2) is 8.42 Å². The highest BCUT2D eigenvalue weighted by Crippen LogP contribution is 2.32. The van der Waals surface area contributed by atoms with Crippen LogP contribution in [0.3, 0.4) is 0 Å². The van der Waals surface area contributed by atoms with E-state index < -0.39 is 10.0 Å². The van der Waals surface area contributed by atoms with Gasteiger partial charge in [0.2, 0.25) is 0 Å². The number of nitrogens with one attached hydrogen (secondary N) is 1. The Labute approximate surface area is 216 Å². The van der Waals surface area contributed by atoms with Gasteiger partial charge in [0.1, 0.15) is 17.2 Å². The molecule has 37 heavy (non-hydrogen) atoms. The molecular formula is C29H26N2O5S. The van der Waals surface area contributed by atoms with Crippen LogP contribution in [0.25, 0.3) is 0 Å². The van der Waals surface area contributed by atoms with Crippen LogP contribution in [-0.2, 0) is 21.2 Å². The quantitative estimate of drug-likeness (QED) is 0.329. The van der Waals surface area contributed by atoms with Crippen LogP contribution < -0.4 is 19.1 Å². The maximum absolute atomic E-state index is 13.3. The molecule has 0 spiro atoms. The molecule has 0 aliphatic carbocycles. The summed E-state index contributed by atoms with van der Waals surface area (Å²) in [5.74, 6) is 1.45. The number of para-hydroxylation sites is 2. The van der Waals surface area contributed by atoms with Crippen molar-refractivity contribution in [1.29, 1.82) is 0 Å². The number of carbonyl (C=O) groups is 1. The van der Waals surface area contributed by atoms with Crippen molar-refractivity contribution in [3.63, 3.8) is 0 Å². The van der Waals surface area contributed by atoms with Gasteiger partial charge in [-0.05, 0) is 85.1 Å². The molecule has 4 aromatic carbocycles. The molecule has 0 atom stereocenters. The maximum Gasteiger partial charge on any atom is 0.264 e. The number of anilines is 2. The van der Waals surface area contributed by atoms with E-state index in [4.69, 9.17) is 9.47 Å². The Kier molecular flexibility index (Phi) is 7.09.